The minimum absolute atomic E-state index is 0.266. The van der Waals surface area contributed by atoms with Crippen LogP contribution >= 0.6 is 11.6 Å². The smallest absolute Gasteiger partial charge is 0.119 e. The first-order valence-corrected chi connectivity index (χ1v) is 24.2. The van der Waals surface area contributed by atoms with Gasteiger partial charge in [-0.05, 0) is 209 Å². The number of hydrogen-bond acceptors (Lipinski definition) is 7. The molecule has 0 aliphatic heterocycles. The van der Waals surface area contributed by atoms with Gasteiger partial charge in [-0.2, -0.15) is 0 Å². The minimum Gasteiger partial charge on any atom is -0.508 e. The predicted molar refractivity (Wildman–Crippen MR) is 282 cm³/mol. The van der Waals surface area contributed by atoms with Gasteiger partial charge in [-0.1, -0.05) is 97.1 Å². The van der Waals surface area contributed by atoms with Gasteiger partial charge in [-0.15, -0.1) is 11.6 Å². The van der Waals surface area contributed by atoms with Crippen LogP contribution in [0.5, 0.6) is 23.0 Å². The molecule has 0 atom stereocenters. The van der Waals surface area contributed by atoms with Crippen molar-refractivity contribution >= 4 is 33.9 Å². The third-order valence-electron chi connectivity index (χ3n) is 11.9. The lowest BCUT2D eigenvalue weighted by Crippen LogP contribution is -2.15. The van der Waals surface area contributed by atoms with E-state index in [2.05, 4.69) is 140 Å². The van der Waals surface area contributed by atoms with Gasteiger partial charge in [0.15, 0.2) is 0 Å². The van der Waals surface area contributed by atoms with Crippen molar-refractivity contribution in [2.45, 2.75) is 44.9 Å². The molecular weight excluding hydrogens is 850 g/mol. The average molecular weight is 921 g/mol. The molecule has 0 spiro atoms. The molecule has 67 heavy (non-hydrogen) atoms. The standard InChI is InChI=1S/C32H40N2O2.C22H18O2.C5H12ClN/c1-33(2)20-8-22-35-28-15-12-26(13-16-28)32-30(25-10-6-5-7-11-25)18-14-27-24-29(17-19-31(27)32)36-23-9-21-34(3)4;23-18-9-6-16(7-10-18)22-20(15-4-2-1-3-5-15)12-8-17-14-19(24)11-13-21(17)22;1-7(2)5-3-4-6/h5-7,10-13,15-17,19,24H,8-9,14,18,20-23H2,1-4H3;1-7,9-11,13-14,23-24H,8,12H2;3-5H2,1-2H3. The summed E-state index contributed by atoms with van der Waals surface area (Å²) in [5.41, 5.74) is 15.0. The van der Waals surface area contributed by atoms with Crippen LogP contribution < -0.4 is 9.47 Å². The number of aromatic hydroxyl groups is 2. The topological polar surface area (TPSA) is 68.6 Å². The second-order valence-electron chi connectivity index (χ2n) is 18.0. The van der Waals surface area contributed by atoms with Crippen LogP contribution in [0.3, 0.4) is 0 Å². The normalized spacial score (nSPS) is 13.1. The summed E-state index contributed by atoms with van der Waals surface area (Å²) in [6.45, 7) is 4.64. The molecule has 0 bridgehead atoms. The summed E-state index contributed by atoms with van der Waals surface area (Å²) in [5.74, 6) is 3.25. The molecule has 0 saturated heterocycles. The zero-order valence-corrected chi connectivity index (χ0v) is 41.2. The number of phenolic OH excluding ortho intramolecular Hbond substituents is 2. The molecule has 352 valence electrons. The molecule has 0 fully saturated rings. The van der Waals surface area contributed by atoms with E-state index in [4.69, 9.17) is 21.1 Å². The lowest BCUT2D eigenvalue weighted by atomic mass is 9.79. The van der Waals surface area contributed by atoms with Crippen LogP contribution in [0.1, 0.15) is 76.6 Å². The van der Waals surface area contributed by atoms with E-state index < -0.39 is 0 Å². The van der Waals surface area contributed by atoms with Crippen LogP contribution in [0.4, 0.5) is 0 Å². The summed E-state index contributed by atoms with van der Waals surface area (Å²) in [7, 11) is 12.5. The first kappa shape index (κ1) is 50.6. The lowest BCUT2D eigenvalue weighted by Gasteiger charge is -2.25. The second kappa shape index (κ2) is 25.9. The number of aryl methyl sites for hydroxylation is 2. The summed E-state index contributed by atoms with van der Waals surface area (Å²) in [4.78, 5) is 6.51. The van der Waals surface area contributed by atoms with Crippen LogP contribution in [0, 0.1) is 0 Å². The molecule has 8 rings (SSSR count). The molecule has 0 unspecified atom stereocenters. The fraction of sp³-hybridized carbons (Fsp3) is 0.322. The Balaban J connectivity index is 0.000000204. The third kappa shape index (κ3) is 15.1. The fourth-order valence-corrected chi connectivity index (χ4v) is 8.73. The van der Waals surface area contributed by atoms with Gasteiger partial charge < -0.3 is 34.4 Å². The van der Waals surface area contributed by atoms with Crippen molar-refractivity contribution < 1.29 is 19.7 Å². The number of allylic oxidation sites excluding steroid dienone is 2. The molecule has 8 heteroatoms. The lowest BCUT2D eigenvalue weighted by molar-refractivity contribution is 0.281. The summed E-state index contributed by atoms with van der Waals surface area (Å²) >= 11 is 5.42. The van der Waals surface area contributed by atoms with Gasteiger partial charge in [0.05, 0.1) is 13.2 Å². The Hall–Kier alpha value is -5.83. The van der Waals surface area contributed by atoms with Crippen molar-refractivity contribution in [3.05, 3.63) is 190 Å². The molecule has 2 aliphatic carbocycles. The third-order valence-corrected chi connectivity index (χ3v) is 12.2. The van der Waals surface area contributed by atoms with Crippen molar-refractivity contribution in [2.24, 2.45) is 0 Å². The molecule has 2 N–H and O–H groups in total. The highest BCUT2D eigenvalue weighted by atomic mass is 35.5. The number of alkyl halides is 1. The number of ether oxygens (including phenoxy) is 2. The average Bonchev–Trinajstić information content (AvgIpc) is 3.34. The number of rotatable bonds is 17. The SMILES string of the molecule is CN(C)CCCCl.CN(C)CCCOc1ccc(C2=C(c3ccccc3)CCc3cc(OCCCN(C)C)ccc32)cc1.Oc1ccc(C2=C(c3ccccc3)CCc3cc(O)ccc32)cc1. The van der Waals surface area contributed by atoms with E-state index in [0.717, 1.165) is 112 Å². The summed E-state index contributed by atoms with van der Waals surface area (Å²) < 4.78 is 12.1. The van der Waals surface area contributed by atoms with Crippen LogP contribution in [-0.4, -0.2) is 106 Å². The van der Waals surface area contributed by atoms with E-state index >= 15 is 0 Å². The van der Waals surface area contributed by atoms with Crippen molar-refractivity contribution in [3.63, 3.8) is 0 Å². The number of benzene rings is 6. The van der Waals surface area contributed by atoms with Crippen molar-refractivity contribution in [2.75, 3.05) is 81.0 Å². The molecule has 6 aromatic rings. The van der Waals surface area contributed by atoms with E-state index in [1.165, 1.54) is 50.1 Å². The highest BCUT2D eigenvalue weighted by molar-refractivity contribution is 6.17. The van der Waals surface area contributed by atoms with Crippen molar-refractivity contribution in [1.29, 1.82) is 0 Å². The van der Waals surface area contributed by atoms with Crippen LogP contribution in [0.2, 0.25) is 0 Å². The molecule has 2 aliphatic rings. The van der Waals surface area contributed by atoms with E-state index in [-0.39, 0.29) is 5.75 Å². The minimum atomic E-state index is 0.266. The monoisotopic (exact) mass is 920 g/mol. The van der Waals surface area contributed by atoms with Gasteiger partial charge in [-0.25, -0.2) is 0 Å². The Morgan fingerprint density at radius 3 is 1.33 bits per heavy atom. The quantitative estimate of drug-likeness (QED) is 0.0698. The zero-order valence-electron chi connectivity index (χ0n) is 40.5. The highest BCUT2D eigenvalue weighted by Crippen LogP contribution is 2.43. The Labute approximate surface area is 405 Å². The zero-order chi connectivity index (χ0) is 47.5. The molecule has 0 heterocycles. The Morgan fingerprint density at radius 2 is 0.851 bits per heavy atom. The van der Waals surface area contributed by atoms with E-state index in [9.17, 15) is 10.2 Å². The molecule has 0 aromatic heterocycles. The molecule has 0 amide bonds. The van der Waals surface area contributed by atoms with Crippen LogP contribution in [-0.2, 0) is 12.8 Å². The summed E-state index contributed by atoms with van der Waals surface area (Å²) in [5, 5.41) is 19.4. The number of hydrogen-bond donors (Lipinski definition) is 2. The molecule has 0 saturated carbocycles. The van der Waals surface area contributed by atoms with E-state index in [0.29, 0.717) is 5.75 Å². The maximum atomic E-state index is 9.82. The predicted octanol–water partition coefficient (Wildman–Crippen LogP) is 12.4. The first-order valence-electron chi connectivity index (χ1n) is 23.7. The Bertz CT molecular complexity index is 2500. The molecule has 0 radical (unpaired) electrons. The molecule has 6 aromatic carbocycles. The van der Waals surface area contributed by atoms with Gasteiger partial charge in [0.1, 0.15) is 23.0 Å². The van der Waals surface area contributed by atoms with Crippen LogP contribution in [0.15, 0.2) is 146 Å². The van der Waals surface area contributed by atoms with E-state index in [1.54, 1.807) is 18.2 Å². The highest BCUT2D eigenvalue weighted by Gasteiger charge is 2.23. The maximum absolute atomic E-state index is 9.82. The number of phenols is 2. The van der Waals surface area contributed by atoms with Gasteiger partial charge in [0.2, 0.25) is 0 Å². The fourth-order valence-electron chi connectivity index (χ4n) is 8.61. The Morgan fingerprint density at radius 1 is 0.433 bits per heavy atom. The largest absolute Gasteiger partial charge is 0.508 e. The Kier molecular flexibility index (Phi) is 19.6. The second-order valence-corrected chi connectivity index (χ2v) is 18.4. The van der Waals surface area contributed by atoms with Gasteiger partial charge >= 0.3 is 0 Å². The number of halogens is 1. The number of nitrogens with zero attached hydrogens (tertiary/aromatic N) is 3. The van der Waals surface area contributed by atoms with Gasteiger partial charge in [-0.3, -0.25) is 0 Å². The van der Waals surface area contributed by atoms with Gasteiger partial charge in [0.25, 0.3) is 0 Å². The molecular formula is C59H70ClN3O4. The first-order chi connectivity index (χ1) is 32.5. The maximum Gasteiger partial charge on any atom is 0.119 e. The van der Waals surface area contributed by atoms with Crippen molar-refractivity contribution in [3.8, 4) is 23.0 Å². The van der Waals surface area contributed by atoms with Crippen LogP contribution in [0.25, 0.3) is 22.3 Å². The van der Waals surface area contributed by atoms with E-state index in [1.807, 2.05) is 44.4 Å². The van der Waals surface area contributed by atoms with Gasteiger partial charge in [0, 0.05) is 19.0 Å². The summed E-state index contributed by atoms with van der Waals surface area (Å²) in [6.07, 6.45) is 7.01. The molecule has 7 nitrogen and oxygen atoms in total. The number of fused-ring (bicyclic) bond motifs is 2. The van der Waals surface area contributed by atoms with Crippen molar-refractivity contribution in [1.82, 2.24) is 14.7 Å². The summed E-state index contributed by atoms with van der Waals surface area (Å²) in [6, 6.07) is 49.4.